The SMILES string of the molecule is [CH-]1CCCN1.[Li+]. The molecular weight excluding hydrogens is 69.0 g/mol. The van der Waals surface area contributed by atoms with Crippen LogP contribution in [0.15, 0.2) is 0 Å². The molecule has 2 heteroatoms. The molecule has 0 bridgehead atoms. The summed E-state index contributed by atoms with van der Waals surface area (Å²) in [5, 5.41) is 3.10. The minimum Gasteiger partial charge on any atom is -0.470 e. The number of nitrogens with one attached hydrogen (secondary N) is 1. The van der Waals surface area contributed by atoms with Crippen LogP contribution in [0.4, 0.5) is 0 Å². The summed E-state index contributed by atoms with van der Waals surface area (Å²) in [7, 11) is 0. The molecule has 1 heterocycles. The first-order valence-corrected chi connectivity index (χ1v) is 2.05. The van der Waals surface area contributed by atoms with Crippen LogP contribution >= 0.6 is 0 Å². The van der Waals surface area contributed by atoms with Crippen LogP contribution in [0.25, 0.3) is 0 Å². The molecule has 1 aliphatic heterocycles. The maximum atomic E-state index is 3.10. The van der Waals surface area contributed by atoms with Gasteiger partial charge in [-0.25, -0.2) is 0 Å². The van der Waals surface area contributed by atoms with Crippen molar-refractivity contribution in [2.45, 2.75) is 12.8 Å². The van der Waals surface area contributed by atoms with E-state index in [2.05, 4.69) is 11.9 Å². The van der Waals surface area contributed by atoms with Gasteiger partial charge >= 0.3 is 18.9 Å². The van der Waals surface area contributed by atoms with E-state index in [1.165, 1.54) is 19.4 Å². The molecule has 0 unspecified atom stereocenters. The standard InChI is InChI=1S/C4H8N.Li/c1-2-4-5-3-1;/h3,5H,1-2,4H2;/q-1;+1. The fourth-order valence-corrected chi connectivity index (χ4v) is 0.510. The van der Waals surface area contributed by atoms with Crippen LogP contribution in [-0.4, -0.2) is 6.54 Å². The van der Waals surface area contributed by atoms with Crippen molar-refractivity contribution in [3.63, 3.8) is 0 Å². The molecule has 0 atom stereocenters. The Hall–Kier alpha value is 0.557. The minimum absolute atomic E-state index is 0. The maximum absolute atomic E-state index is 3.10. The third kappa shape index (κ3) is 1.87. The first-order chi connectivity index (χ1) is 2.50. The Balaban J connectivity index is 0.000000250. The summed E-state index contributed by atoms with van der Waals surface area (Å²) < 4.78 is 0. The zero-order valence-electron chi connectivity index (χ0n) is 4.20. The molecule has 1 rings (SSSR count). The van der Waals surface area contributed by atoms with Crippen molar-refractivity contribution < 1.29 is 18.9 Å². The predicted molar refractivity (Wildman–Crippen MR) is 21.5 cm³/mol. The largest absolute Gasteiger partial charge is 1.00 e. The average molecular weight is 77.1 g/mol. The molecule has 1 aliphatic rings. The summed E-state index contributed by atoms with van der Waals surface area (Å²) >= 11 is 0. The van der Waals surface area contributed by atoms with Gasteiger partial charge in [0.05, 0.1) is 0 Å². The molecule has 0 aromatic heterocycles. The first-order valence-electron chi connectivity index (χ1n) is 2.05. The van der Waals surface area contributed by atoms with Gasteiger partial charge in [0.2, 0.25) is 0 Å². The second kappa shape index (κ2) is 3.74. The Morgan fingerprint density at radius 1 is 1.50 bits per heavy atom. The fourth-order valence-electron chi connectivity index (χ4n) is 0.510. The van der Waals surface area contributed by atoms with Gasteiger partial charge in [-0.15, -0.1) is 0 Å². The van der Waals surface area contributed by atoms with Crippen molar-refractivity contribution in [1.82, 2.24) is 5.32 Å². The van der Waals surface area contributed by atoms with E-state index in [-0.39, 0.29) is 18.9 Å². The van der Waals surface area contributed by atoms with E-state index < -0.39 is 0 Å². The van der Waals surface area contributed by atoms with Gasteiger partial charge in [0.15, 0.2) is 0 Å². The zero-order chi connectivity index (χ0) is 3.54. The van der Waals surface area contributed by atoms with Gasteiger partial charge in [0.25, 0.3) is 0 Å². The summed E-state index contributed by atoms with van der Waals surface area (Å²) in [6, 6.07) is 0. The quantitative estimate of drug-likeness (QED) is 0.250. The first kappa shape index (κ1) is 6.56. The molecule has 0 saturated carbocycles. The fraction of sp³-hybridized carbons (Fsp3) is 0.750. The van der Waals surface area contributed by atoms with Gasteiger partial charge in [-0.1, -0.05) is 6.42 Å². The van der Waals surface area contributed by atoms with Gasteiger partial charge in [0, 0.05) is 0 Å². The molecule has 0 aliphatic carbocycles. The van der Waals surface area contributed by atoms with E-state index >= 15 is 0 Å². The van der Waals surface area contributed by atoms with Gasteiger partial charge in [-0.2, -0.15) is 6.42 Å². The molecule has 1 fully saturated rings. The normalized spacial score (nSPS) is 20.0. The maximum Gasteiger partial charge on any atom is 1.00 e. The molecule has 6 heavy (non-hydrogen) atoms. The Morgan fingerprint density at radius 2 is 2.33 bits per heavy atom. The number of hydrogen-bond donors (Lipinski definition) is 1. The van der Waals surface area contributed by atoms with Crippen LogP contribution in [0.2, 0.25) is 0 Å². The van der Waals surface area contributed by atoms with Crippen LogP contribution in [0.1, 0.15) is 12.8 Å². The molecule has 1 saturated heterocycles. The summed E-state index contributed by atoms with van der Waals surface area (Å²) in [6.07, 6.45) is 2.60. The van der Waals surface area contributed by atoms with Gasteiger partial charge in [-0.3, -0.25) is 6.54 Å². The molecule has 1 nitrogen and oxygen atoms in total. The third-order valence-corrected chi connectivity index (χ3v) is 0.814. The van der Waals surface area contributed by atoms with E-state index in [0.29, 0.717) is 0 Å². The van der Waals surface area contributed by atoms with E-state index in [9.17, 15) is 0 Å². The molecule has 0 spiro atoms. The summed E-state index contributed by atoms with van der Waals surface area (Å²) in [5.74, 6) is 0. The van der Waals surface area contributed by atoms with Crippen LogP contribution in [0.3, 0.4) is 0 Å². The van der Waals surface area contributed by atoms with E-state index in [4.69, 9.17) is 0 Å². The average Bonchev–Trinajstić information content (AvgIpc) is 1.76. The van der Waals surface area contributed by atoms with Crippen molar-refractivity contribution in [3.05, 3.63) is 6.54 Å². The van der Waals surface area contributed by atoms with Crippen LogP contribution < -0.4 is 24.2 Å². The Bertz CT molecular complexity index is 19.1. The predicted octanol–water partition coefficient (Wildman–Crippen LogP) is -2.46. The van der Waals surface area contributed by atoms with E-state index in [0.717, 1.165) is 0 Å². The van der Waals surface area contributed by atoms with Crippen molar-refractivity contribution in [2.75, 3.05) is 6.54 Å². The van der Waals surface area contributed by atoms with Gasteiger partial charge < -0.3 is 5.32 Å². The van der Waals surface area contributed by atoms with Gasteiger partial charge in [0.1, 0.15) is 0 Å². The molecule has 0 radical (unpaired) electrons. The van der Waals surface area contributed by atoms with Crippen molar-refractivity contribution in [1.29, 1.82) is 0 Å². The monoisotopic (exact) mass is 77.1 g/mol. The Kier molecular flexibility index (Phi) is 4.08. The summed E-state index contributed by atoms with van der Waals surface area (Å²) in [5.41, 5.74) is 0. The molecule has 0 amide bonds. The van der Waals surface area contributed by atoms with Gasteiger partial charge in [-0.05, 0) is 6.54 Å². The van der Waals surface area contributed by atoms with Crippen molar-refractivity contribution >= 4 is 0 Å². The molecular formula is C4H8LiN. The number of rotatable bonds is 0. The Labute approximate surface area is 50.7 Å². The molecule has 0 aromatic carbocycles. The minimum atomic E-state index is 0. The second-order valence-electron chi connectivity index (χ2n) is 1.30. The Morgan fingerprint density at radius 3 is 2.50 bits per heavy atom. The van der Waals surface area contributed by atoms with Crippen molar-refractivity contribution in [3.8, 4) is 0 Å². The second-order valence-corrected chi connectivity index (χ2v) is 1.30. The van der Waals surface area contributed by atoms with Crippen molar-refractivity contribution in [2.24, 2.45) is 0 Å². The smallest absolute Gasteiger partial charge is 0.470 e. The van der Waals surface area contributed by atoms with E-state index in [1.54, 1.807) is 0 Å². The topological polar surface area (TPSA) is 12.0 Å². The molecule has 1 N–H and O–H groups in total. The number of hydrogen-bond acceptors (Lipinski definition) is 1. The van der Waals surface area contributed by atoms with E-state index in [1.807, 2.05) is 0 Å². The van der Waals surface area contributed by atoms with Crippen LogP contribution in [-0.2, 0) is 0 Å². The summed E-state index contributed by atoms with van der Waals surface area (Å²) in [6.45, 7) is 3.31. The van der Waals surface area contributed by atoms with Crippen LogP contribution in [0, 0.1) is 6.54 Å². The zero-order valence-corrected chi connectivity index (χ0v) is 4.20. The third-order valence-electron chi connectivity index (χ3n) is 0.814. The summed E-state index contributed by atoms with van der Waals surface area (Å²) in [4.78, 5) is 0. The molecule has 0 aromatic rings. The van der Waals surface area contributed by atoms with Crippen LogP contribution in [0.5, 0.6) is 0 Å². The molecule has 30 valence electrons.